The van der Waals surface area contributed by atoms with E-state index >= 15 is 0 Å². The van der Waals surface area contributed by atoms with Crippen LogP contribution < -0.4 is 15.2 Å². The Morgan fingerprint density at radius 1 is 1.45 bits per heavy atom. The highest BCUT2D eigenvalue weighted by Crippen LogP contribution is 2.28. The van der Waals surface area contributed by atoms with Crippen LogP contribution in [-0.2, 0) is 10.0 Å². The predicted molar refractivity (Wildman–Crippen MR) is 71.5 cm³/mol. The molecule has 5 nitrogen and oxygen atoms in total. The molecule has 0 saturated heterocycles. The molecule has 3 N–H and O–H groups in total. The van der Waals surface area contributed by atoms with E-state index in [9.17, 15) is 17.2 Å². The Bertz CT molecular complexity index is 553. The van der Waals surface area contributed by atoms with E-state index in [0.29, 0.717) is 6.42 Å². The van der Waals surface area contributed by atoms with Crippen LogP contribution in [0.5, 0.6) is 5.75 Å². The van der Waals surface area contributed by atoms with Gasteiger partial charge < -0.3 is 10.5 Å². The van der Waals surface area contributed by atoms with Gasteiger partial charge in [0.25, 0.3) is 0 Å². The van der Waals surface area contributed by atoms with E-state index in [1.165, 1.54) is 0 Å². The van der Waals surface area contributed by atoms with Gasteiger partial charge in [-0.3, -0.25) is 0 Å². The first-order valence-corrected chi connectivity index (χ1v) is 7.58. The van der Waals surface area contributed by atoms with Crippen molar-refractivity contribution >= 4 is 21.6 Å². The van der Waals surface area contributed by atoms with Crippen LogP contribution in [0.4, 0.5) is 8.78 Å². The van der Waals surface area contributed by atoms with Gasteiger partial charge >= 0.3 is 6.61 Å². The molecule has 0 aliphatic rings. The van der Waals surface area contributed by atoms with Crippen LogP contribution >= 0.6 is 11.6 Å². The second kappa shape index (κ2) is 7.16. The Kier molecular flexibility index (Phi) is 6.12. The van der Waals surface area contributed by atoms with Gasteiger partial charge in [0.15, 0.2) is 0 Å². The molecule has 0 bridgehead atoms. The van der Waals surface area contributed by atoms with E-state index in [4.69, 9.17) is 17.3 Å². The number of nitrogens with one attached hydrogen (secondary N) is 1. The summed E-state index contributed by atoms with van der Waals surface area (Å²) in [5.74, 6) is -0.281. The van der Waals surface area contributed by atoms with Crippen LogP contribution in [0.3, 0.4) is 0 Å². The van der Waals surface area contributed by atoms with Crippen molar-refractivity contribution in [3.63, 3.8) is 0 Å². The third kappa shape index (κ3) is 5.20. The Balaban J connectivity index is 2.83. The first kappa shape index (κ1) is 17.1. The van der Waals surface area contributed by atoms with Crippen molar-refractivity contribution in [2.24, 2.45) is 5.73 Å². The molecule has 0 saturated carbocycles. The quantitative estimate of drug-likeness (QED) is 0.801. The lowest BCUT2D eigenvalue weighted by molar-refractivity contribution is -0.0498. The number of hydrogen-bond donors (Lipinski definition) is 2. The average molecular weight is 329 g/mol. The molecule has 20 heavy (non-hydrogen) atoms. The maximum absolute atomic E-state index is 12.1. The SMILES string of the molecule is CC(N)CCNS(=O)(=O)c1ccc(OC(F)F)c(Cl)c1. The van der Waals surface area contributed by atoms with Crippen molar-refractivity contribution in [1.82, 2.24) is 4.72 Å². The van der Waals surface area contributed by atoms with Crippen LogP contribution in [0, 0.1) is 0 Å². The van der Waals surface area contributed by atoms with Crippen molar-refractivity contribution < 1.29 is 21.9 Å². The molecule has 1 aromatic rings. The molecule has 0 amide bonds. The number of ether oxygens (including phenoxy) is 1. The van der Waals surface area contributed by atoms with E-state index in [-0.39, 0.29) is 28.3 Å². The maximum Gasteiger partial charge on any atom is 0.387 e. The molecule has 0 spiro atoms. The zero-order valence-electron chi connectivity index (χ0n) is 10.6. The Morgan fingerprint density at radius 3 is 2.60 bits per heavy atom. The molecular formula is C11H15ClF2N2O3S. The molecule has 0 aromatic heterocycles. The van der Waals surface area contributed by atoms with Crippen LogP contribution in [0.15, 0.2) is 23.1 Å². The summed E-state index contributed by atoms with van der Waals surface area (Å²) in [5, 5.41) is -0.208. The molecule has 114 valence electrons. The molecule has 0 radical (unpaired) electrons. The summed E-state index contributed by atoms with van der Waals surface area (Å²) < 4.78 is 54.4. The summed E-state index contributed by atoms with van der Waals surface area (Å²) in [6.45, 7) is -1.10. The Morgan fingerprint density at radius 2 is 2.10 bits per heavy atom. The lowest BCUT2D eigenvalue weighted by atomic mass is 10.3. The standard InChI is InChI=1S/C11H15ClF2N2O3S/c1-7(15)4-5-16-20(17,18)8-2-3-10(9(12)6-8)19-11(13)14/h2-3,6-7,11,16H,4-5,15H2,1H3. The van der Waals surface area contributed by atoms with Crippen molar-refractivity contribution in [2.75, 3.05) is 6.54 Å². The molecule has 9 heteroatoms. The first-order chi connectivity index (χ1) is 9.22. The highest BCUT2D eigenvalue weighted by Gasteiger charge is 2.17. The minimum atomic E-state index is -3.76. The molecule has 1 rings (SSSR count). The van der Waals surface area contributed by atoms with Gasteiger partial charge in [-0.15, -0.1) is 0 Å². The van der Waals surface area contributed by atoms with E-state index in [2.05, 4.69) is 9.46 Å². The summed E-state index contributed by atoms with van der Waals surface area (Å²) >= 11 is 5.69. The predicted octanol–water partition coefficient (Wildman–Crippen LogP) is 1.96. The van der Waals surface area contributed by atoms with E-state index in [0.717, 1.165) is 18.2 Å². The fourth-order valence-corrected chi connectivity index (χ4v) is 2.71. The van der Waals surface area contributed by atoms with Gasteiger partial charge in [-0.1, -0.05) is 11.6 Å². The zero-order valence-corrected chi connectivity index (χ0v) is 12.2. The summed E-state index contributed by atoms with van der Waals surface area (Å²) in [6.07, 6.45) is 0.472. The lowest BCUT2D eigenvalue weighted by Crippen LogP contribution is -2.29. The molecule has 0 heterocycles. The lowest BCUT2D eigenvalue weighted by Gasteiger charge is -2.10. The highest BCUT2D eigenvalue weighted by atomic mass is 35.5. The van der Waals surface area contributed by atoms with Crippen molar-refractivity contribution in [2.45, 2.75) is 30.9 Å². The van der Waals surface area contributed by atoms with E-state index in [1.54, 1.807) is 6.92 Å². The van der Waals surface area contributed by atoms with Crippen LogP contribution in [-0.4, -0.2) is 27.6 Å². The van der Waals surface area contributed by atoms with E-state index < -0.39 is 16.6 Å². The fourth-order valence-electron chi connectivity index (χ4n) is 1.34. The number of alkyl halides is 2. The number of halogens is 3. The van der Waals surface area contributed by atoms with Crippen molar-refractivity contribution in [3.8, 4) is 5.75 Å². The molecule has 1 atom stereocenters. The second-order valence-electron chi connectivity index (χ2n) is 4.13. The summed E-state index contributed by atoms with van der Waals surface area (Å²) in [6, 6.07) is 3.13. The largest absolute Gasteiger partial charge is 0.433 e. The van der Waals surface area contributed by atoms with Gasteiger partial charge in [0.05, 0.1) is 9.92 Å². The van der Waals surface area contributed by atoms with Crippen molar-refractivity contribution in [1.29, 1.82) is 0 Å². The van der Waals surface area contributed by atoms with Crippen LogP contribution in [0.1, 0.15) is 13.3 Å². The number of hydrogen-bond acceptors (Lipinski definition) is 4. The number of benzene rings is 1. The molecule has 0 fully saturated rings. The van der Waals surface area contributed by atoms with Gasteiger partial charge in [-0.25, -0.2) is 13.1 Å². The molecule has 0 aliphatic carbocycles. The number of nitrogens with two attached hydrogens (primary N) is 1. The number of rotatable bonds is 7. The van der Waals surface area contributed by atoms with E-state index in [1.807, 2.05) is 0 Å². The Hall–Kier alpha value is -0.960. The number of sulfonamides is 1. The smallest absolute Gasteiger partial charge is 0.387 e. The summed E-state index contributed by atoms with van der Waals surface area (Å²) in [7, 11) is -3.76. The van der Waals surface area contributed by atoms with Gasteiger partial charge in [0, 0.05) is 12.6 Å². The molecular weight excluding hydrogens is 314 g/mol. The van der Waals surface area contributed by atoms with Gasteiger partial charge in [-0.2, -0.15) is 8.78 Å². The second-order valence-corrected chi connectivity index (χ2v) is 6.31. The third-order valence-electron chi connectivity index (χ3n) is 2.32. The highest BCUT2D eigenvalue weighted by molar-refractivity contribution is 7.89. The zero-order chi connectivity index (χ0) is 15.3. The minimum absolute atomic E-state index is 0.131. The van der Waals surface area contributed by atoms with Gasteiger partial charge in [0.2, 0.25) is 10.0 Å². The summed E-state index contributed by atoms with van der Waals surface area (Å²) in [4.78, 5) is -0.131. The van der Waals surface area contributed by atoms with Gasteiger partial charge in [0.1, 0.15) is 5.75 Å². The maximum atomic E-state index is 12.1. The van der Waals surface area contributed by atoms with Crippen molar-refractivity contribution in [3.05, 3.63) is 23.2 Å². The molecule has 1 aromatic carbocycles. The topological polar surface area (TPSA) is 81.4 Å². The first-order valence-electron chi connectivity index (χ1n) is 5.72. The molecule has 1 unspecified atom stereocenters. The van der Waals surface area contributed by atoms with Gasteiger partial charge in [-0.05, 0) is 31.5 Å². The summed E-state index contributed by atoms with van der Waals surface area (Å²) in [5.41, 5.74) is 5.51. The Labute approximate surface area is 121 Å². The fraction of sp³-hybridized carbons (Fsp3) is 0.455. The van der Waals surface area contributed by atoms with Crippen LogP contribution in [0.2, 0.25) is 5.02 Å². The van der Waals surface area contributed by atoms with Crippen LogP contribution in [0.25, 0.3) is 0 Å². The molecule has 0 aliphatic heterocycles. The average Bonchev–Trinajstić information content (AvgIpc) is 2.30. The minimum Gasteiger partial charge on any atom is -0.433 e. The third-order valence-corrected chi connectivity index (χ3v) is 4.08. The monoisotopic (exact) mass is 328 g/mol. The normalized spacial score (nSPS) is 13.5.